The summed E-state index contributed by atoms with van der Waals surface area (Å²) in [5.41, 5.74) is 5.04. The third-order valence-corrected chi connectivity index (χ3v) is 4.14. The maximum absolute atomic E-state index is 5.84. The Hall–Kier alpha value is -2.03. The van der Waals surface area contributed by atoms with E-state index in [1.54, 1.807) is 0 Å². The first-order chi connectivity index (χ1) is 10.7. The lowest BCUT2D eigenvalue weighted by atomic mass is 9.94. The SMILES string of the molecule is CCCOc1ccc(C2=CCC3N=C(C)NC3=C2)cc1CC. The molecule has 0 bridgehead atoms. The minimum Gasteiger partial charge on any atom is -0.493 e. The predicted molar refractivity (Wildman–Crippen MR) is 92.3 cm³/mol. The second-order valence-corrected chi connectivity index (χ2v) is 5.87. The van der Waals surface area contributed by atoms with Gasteiger partial charge in [-0.05, 0) is 61.1 Å². The van der Waals surface area contributed by atoms with Crippen molar-refractivity contribution < 1.29 is 4.74 Å². The fourth-order valence-corrected chi connectivity index (χ4v) is 2.99. The molecule has 0 amide bonds. The number of amidine groups is 1. The summed E-state index contributed by atoms with van der Waals surface area (Å²) in [5, 5.41) is 3.37. The molecule has 1 aliphatic carbocycles. The van der Waals surface area contributed by atoms with Crippen LogP contribution >= 0.6 is 0 Å². The Bertz CT molecular complexity index is 655. The second kappa shape index (κ2) is 6.39. The van der Waals surface area contributed by atoms with Crippen molar-refractivity contribution in [3.05, 3.63) is 47.2 Å². The molecule has 3 heteroatoms. The summed E-state index contributed by atoms with van der Waals surface area (Å²) in [7, 11) is 0. The zero-order valence-corrected chi connectivity index (χ0v) is 13.6. The molecule has 3 nitrogen and oxygen atoms in total. The molecule has 0 radical (unpaired) electrons. The highest BCUT2D eigenvalue weighted by atomic mass is 16.5. The largest absolute Gasteiger partial charge is 0.493 e. The fraction of sp³-hybridized carbons (Fsp3) is 0.421. The van der Waals surface area contributed by atoms with Crippen LogP contribution in [-0.4, -0.2) is 18.5 Å². The third-order valence-electron chi connectivity index (χ3n) is 4.14. The number of ether oxygens (including phenoxy) is 1. The molecule has 1 aromatic carbocycles. The second-order valence-electron chi connectivity index (χ2n) is 5.87. The summed E-state index contributed by atoms with van der Waals surface area (Å²) in [6.45, 7) is 7.11. The van der Waals surface area contributed by atoms with Gasteiger partial charge in [-0.3, -0.25) is 4.99 Å². The molecular formula is C19H24N2O. The van der Waals surface area contributed by atoms with E-state index in [2.05, 4.69) is 54.5 Å². The van der Waals surface area contributed by atoms with Gasteiger partial charge in [0, 0.05) is 5.70 Å². The van der Waals surface area contributed by atoms with Crippen molar-refractivity contribution in [2.24, 2.45) is 4.99 Å². The van der Waals surface area contributed by atoms with Crippen molar-refractivity contribution in [3.63, 3.8) is 0 Å². The van der Waals surface area contributed by atoms with Crippen molar-refractivity contribution in [1.29, 1.82) is 0 Å². The lowest BCUT2D eigenvalue weighted by molar-refractivity contribution is 0.314. The van der Waals surface area contributed by atoms with E-state index in [-0.39, 0.29) is 0 Å². The Balaban J connectivity index is 1.84. The number of hydrogen-bond donors (Lipinski definition) is 1. The van der Waals surface area contributed by atoms with Gasteiger partial charge in [-0.25, -0.2) is 0 Å². The van der Waals surface area contributed by atoms with Crippen LogP contribution in [0, 0.1) is 0 Å². The molecular weight excluding hydrogens is 272 g/mol. The smallest absolute Gasteiger partial charge is 0.122 e. The molecule has 1 aliphatic heterocycles. The predicted octanol–water partition coefficient (Wildman–Crippen LogP) is 4.10. The topological polar surface area (TPSA) is 33.6 Å². The van der Waals surface area contributed by atoms with Gasteiger partial charge in [-0.1, -0.05) is 26.0 Å². The minimum atomic E-state index is 0.293. The van der Waals surface area contributed by atoms with Crippen molar-refractivity contribution in [2.45, 2.75) is 46.1 Å². The summed E-state index contributed by atoms with van der Waals surface area (Å²) >= 11 is 0. The summed E-state index contributed by atoms with van der Waals surface area (Å²) in [6.07, 6.45) is 7.52. The highest BCUT2D eigenvalue weighted by Gasteiger charge is 2.23. The molecule has 1 unspecified atom stereocenters. The van der Waals surface area contributed by atoms with E-state index in [0.717, 1.165) is 37.5 Å². The maximum Gasteiger partial charge on any atom is 0.122 e. The van der Waals surface area contributed by atoms with Crippen LogP contribution in [0.3, 0.4) is 0 Å². The summed E-state index contributed by atoms with van der Waals surface area (Å²) in [6, 6.07) is 6.83. The summed E-state index contributed by atoms with van der Waals surface area (Å²) in [4.78, 5) is 4.59. The number of fused-ring (bicyclic) bond motifs is 1. The quantitative estimate of drug-likeness (QED) is 0.887. The van der Waals surface area contributed by atoms with Gasteiger partial charge in [0.15, 0.2) is 0 Å². The lowest BCUT2D eigenvalue weighted by Crippen LogP contribution is -2.18. The van der Waals surface area contributed by atoms with E-state index in [0.29, 0.717) is 6.04 Å². The average molecular weight is 296 g/mol. The standard InChI is InChI=1S/C19H24N2O/c1-4-10-22-19-9-7-15(11-14(19)5-2)16-6-8-17-18(12-16)21-13(3)20-17/h6-7,9,11-12,17H,4-5,8,10H2,1-3H3,(H,20,21). The highest BCUT2D eigenvalue weighted by molar-refractivity contribution is 5.87. The van der Waals surface area contributed by atoms with Crippen LogP contribution in [0.2, 0.25) is 0 Å². The van der Waals surface area contributed by atoms with Gasteiger partial charge >= 0.3 is 0 Å². The lowest BCUT2D eigenvalue weighted by Gasteiger charge is -2.17. The number of nitrogens with one attached hydrogen (secondary N) is 1. The first-order valence-corrected chi connectivity index (χ1v) is 8.20. The van der Waals surface area contributed by atoms with Crippen LogP contribution in [0.1, 0.15) is 44.7 Å². The number of nitrogens with zero attached hydrogens (tertiary/aromatic N) is 1. The maximum atomic E-state index is 5.84. The van der Waals surface area contributed by atoms with Crippen molar-refractivity contribution in [3.8, 4) is 5.75 Å². The number of aliphatic imine (C=N–C) groups is 1. The van der Waals surface area contributed by atoms with Crippen LogP contribution in [0.5, 0.6) is 5.75 Å². The molecule has 2 aliphatic rings. The molecule has 0 fully saturated rings. The Morgan fingerprint density at radius 2 is 2.18 bits per heavy atom. The summed E-state index contributed by atoms with van der Waals surface area (Å²) < 4.78 is 5.84. The highest BCUT2D eigenvalue weighted by Crippen LogP contribution is 2.31. The zero-order valence-electron chi connectivity index (χ0n) is 13.6. The molecule has 1 heterocycles. The van der Waals surface area contributed by atoms with Gasteiger partial charge in [0.1, 0.15) is 5.75 Å². The Labute approximate surface area is 132 Å². The first kappa shape index (κ1) is 14.9. The molecule has 1 aromatic rings. The Kier molecular flexibility index (Phi) is 4.32. The van der Waals surface area contributed by atoms with Crippen LogP contribution in [0.4, 0.5) is 0 Å². The van der Waals surface area contributed by atoms with E-state index in [4.69, 9.17) is 4.74 Å². The molecule has 0 aromatic heterocycles. The van der Waals surface area contributed by atoms with Crippen molar-refractivity contribution in [1.82, 2.24) is 5.32 Å². The number of hydrogen-bond acceptors (Lipinski definition) is 3. The monoisotopic (exact) mass is 296 g/mol. The molecule has 1 atom stereocenters. The van der Waals surface area contributed by atoms with Crippen LogP contribution < -0.4 is 10.1 Å². The Morgan fingerprint density at radius 1 is 1.32 bits per heavy atom. The van der Waals surface area contributed by atoms with Gasteiger partial charge in [-0.15, -0.1) is 0 Å². The van der Waals surface area contributed by atoms with Gasteiger partial charge < -0.3 is 10.1 Å². The van der Waals surface area contributed by atoms with Crippen LogP contribution in [0.15, 0.2) is 41.0 Å². The molecule has 1 N–H and O–H groups in total. The Morgan fingerprint density at radius 3 is 2.95 bits per heavy atom. The van der Waals surface area contributed by atoms with E-state index in [1.807, 2.05) is 6.92 Å². The normalized spacial score (nSPS) is 19.8. The number of benzene rings is 1. The minimum absolute atomic E-state index is 0.293. The van der Waals surface area contributed by atoms with Gasteiger partial charge in [-0.2, -0.15) is 0 Å². The number of allylic oxidation sites excluding steroid dienone is 2. The van der Waals surface area contributed by atoms with Crippen LogP contribution in [-0.2, 0) is 6.42 Å². The van der Waals surface area contributed by atoms with E-state index in [9.17, 15) is 0 Å². The molecule has 0 saturated heterocycles. The molecule has 116 valence electrons. The van der Waals surface area contributed by atoms with E-state index in [1.165, 1.54) is 22.4 Å². The fourth-order valence-electron chi connectivity index (χ4n) is 2.99. The third kappa shape index (κ3) is 2.94. The molecule has 0 spiro atoms. The van der Waals surface area contributed by atoms with E-state index < -0.39 is 0 Å². The molecule has 0 saturated carbocycles. The van der Waals surface area contributed by atoms with Crippen molar-refractivity contribution >= 4 is 11.4 Å². The number of aryl methyl sites for hydroxylation is 1. The first-order valence-electron chi connectivity index (χ1n) is 8.20. The van der Waals surface area contributed by atoms with E-state index >= 15 is 0 Å². The summed E-state index contributed by atoms with van der Waals surface area (Å²) in [5.74, 6) is 2.04. The average Bonchev–Trinajstić information content (AvgIpc) is 2.91. The van der Waals surface area contributed by atoms with Crippen LogP contribution in [0.25, 0.3) is 5.57 Å². The van der Waals surface area contributed by atoms with Gasteiger partial charge in [0.25, 0.3) is 0 Å². The van der Waals surface area contributed by atoms with Gasteiger partial charge in [0.2, 0.25) is 0 Å². The number of rotatable bonds is 5. The molecule has 22 heavy (non-hydrogen) atoms. The molecule has 3 rings (SSSR count). The van der Waals surface area contributed by atoms with Crippen molar-refractivity contribution in [2.75, 3.05) is 6.61 Å². The zero-order chi connectivity index (χ0) is 15.5. The van der Waals surface area contributed by atoms with Gasteiger partial charge in [0.05, 0.1) is 18.5 Å².